The predicted molar refractivity (Wildman–Crippen MR) is 90.6 cm³/mol. The van der Waals surface area contributed by atoms with Crippen molar-refractivity contribution in [3.8, 4) is 16.3 Å². The van der Waals surface area contributed by atoms with E-state index in [1.807, 2.05) is 12.1 Å². The number of aromatic nitrogens is 1. The molecule has 4 rings (SSSR count). The van der Waals surface area contributed by atoms with Crippen LogP contribution >= 0.6 is 11.3 Å². The van der Waals surface area contributed by atoms with Gasteiger partial charge in [-0.05, 0) is 42.8 Å². The van der Waals surface area contributed by atoms with Crippen LogP contribution in [0.2, 0.25) is 0 Å². The summed E-state index contributed by atoms with van der Waals surface area (Å²) in [5.74, 6) is 0.571. The zero-order valence-corrected chi connectivity index (χ0v) is 13.0. The summed E-state index contributed by atoms with van der Waals surface area (Å²) in [6, 6.07) is 16.0. The van der Waals surface area contributed by atoms with Gasteiger partial charge in [0.1, 0.15) is 10.8 Å². The Bertz CT molecular complexity index is 810. The number of hydrogen-bond donors (Lipinski definition) is 2. The summed E-state index contributed by atoms with van der Waals surface area (Å²) in [5, 5.41) is 16.1. The van der Waals surface area contributed by atoms with Crippen molar-refractivity contribution in [1.29, 1.82) is 0 Å². The number of fused-ring (bicyclic) bond motifs is 1. The molecule has 0 spiro atoms. The summed E-state index contributed by atoms with van der Waals surface area (Å²) in [4.78, 5) is 4.84. The highest BCUT2D eigenvalue weighted by atomic mass is 32.1. The Morgan fingerprint density at radius 3 is 2.68 bits per heavy atom. The summed E-state index contributed by atoms with van der Waals surface area (Å²) in [6.07, 6.45) is 0. The van der Waals surface area contributed by atoms with Gasteiger partial charge in [-0.25, -0.2) is 4.98 Å². The van der Waals surface area contributed by atoms with Crippen LogP contribution in [0.4, 0.5) is 5.69 Å². The maximum atomic E-state index is 9.40. The van der Waals surface area contributed by atoms with Gasteiger partial charge in [0.2, 0.25) is 0 Å². The molecule has 3 nitrogen and oxygen atoms in total. The Labute approximate surface area is 133 Å². The molecule has 1 aliphatic rings. The minimum absolute atomic E-state index is 0.281. The van der Waals surface area contributed by atoms with Crippen LogP contribution in [-0.4, -0.2) is 16.1 Å². The summed E-state index contributed by atoms with van der Waals surface area (Å²) in [7, 11) is 0. The smallest absolute Gasteiger partial charge is 0.123 e. The van der Waals surface area contributed by atoms with Crippen molar-refractivity contribution in [1.82, 2.24) is 4.98 Å². The van der Waals surface area contributed by atoms with Gasteiger partial charge >= 0.3 is 0 Å². The first-order valence-corrected chi connectivity index (χ1v) is 8.20. The molecule has 2 unspecified atom stereocenters. The fourth-order valence-corrected chi connectivity index (χ4v) is 3.94. The van der Waals surface area contributed by atoms with E-state index < -0.39 is 0 Å². The van der Waals surface area contributed by atoms with Gasteiger partial charge < -0.3 is 10.4 Å². The van der Waals surface area contributed by atoms with E-state index >= 15 is 0 Å². The molecule has 0 saturated heterocycles. The van der Waals surface area contributed by atoms with Crippen LogP contribution in [0.25, 0.3) is 10.6 Å². The molecule has 2 atom stereocenters. The van der Waals surface area contributed by atoms with Crippen LogP contribution in [0.3, 0.4) is 0 Å². The third-order valence-electron chi connectivity index (χ3n) is 4.13. The van der Waals surface area contributed by atoms with Crippen LogP contribution in [0.15, 0.2) is 53.9 Å². The van der Waals surface area contributed by atoms with Crippen molar-refractivity contribution in [2.75, 3.05) is 5.32 Å². The summed E-state index contributed by atoms with van der Waals surface area (Å²) in [6.45, 7) is 2.20. The monoisotopic (exact) mass is 308 g/mol. The van der Waals surface area contributed by atoms with Gasteiger partial charge in [0.25, 0.3) is 0 Å². The highest BCUT2D eigenvalue weighted by molar-refractivity contribution is 7.13. The largest absolute Gasteiger partial charge is 0.508 e. The molecule has 0 radical (unpaired) electrons. The van der Waals surface area contributed by atoms with Gasteiger partial charge in [-0.1, -0.05) is 18.2 Å². The van der Waals surface area contributed by atoms with Crippen molar-refractivity contribution in [2.45, 2.75) is 18.9 Å². The first-order chi connectivity index (χ1) is 10.7. The Balaban J connectivity index is 1.71. The van der Waals surface area contributed by atoms with Crippen molar-refractivity contribution >= 4 is 17.0 Å². The summed E-state index contributed by atoms with van der Waals surface area (Å²) < 4.78 is 0. The average Bonchev–Trinajstić information content (AvgIpc) is 3.11. The van der Waals surface area contributed by atoms with Gasteiger partial charge in [0, 0.05) is 28.6 Å². The molecule has 2 N–H and O–H groups in total. The first kappa shape index (κ1) is 13.3. The topological polar surface area (TPSA) is 45.1 Å². The van der Waals surface area contributed by atoms with E-state index in [9.17, 15) is 5.11 Å². The van der Waals surface area contributed by atoms with Gasteiger partial charge in [-0.15, -0.1) is 11.3 Å². The van der Waals surface area contributed by atoms with Crippen molar-refractivity contribution < 1.29 is 5.11 Å². The van der Waals surface area contributed by atoms with Crippen LogP contribution in [0.1, 0.15) is 24.1 Å². The summed E-state index contributed by atoms with van der Waals surface area (Å²) >= 11 is 1.65. The highest BCUT2D eigenvalue weighted by Gasteiger charge is 2.31. The average molecular weight is 308 g/mol. The van der Waals surface area contributed by atoms with E-state index in [-0.39, 0.29) is 5.75 Å². The predicted octanol–water partition coefficient (Wildman–Crippen LogP) is 4.46. The zero-order chi connectivity index (χ0) is 15.1. The van der Waals surface area contributed by atoms with E-state index in [0.717, 1.165) is 16.3 Å². The Morgan fingerprint density at radius 2 is 1.86 bits per heavy atom. The fraction of sp³-hybridized carbons (Fsp3) is 0.167. The number of rotatable bonds is 2. The molecule has 2 heterocycles. The van der Waals surface area contributed by atoms with Crippen molar-refractivity contribution in [3.05, 3.63) is 65.2 Å². The van der Waals surface area contributed by atoms with Crippen LogP contribution in [-0.2, 0) is 0 Å². The third-order valence-corrected chi connectivity index (χ3v) is 5.04. The van der Waals surface area contributed by atoms with Crippen LogP contribution in [0.5, 0.6) is 5.75 Å². The van der Waals surface area contributed by atoms with E-state index in [1.54, 1.807) is 23.5 Å². The van der Waals surface area contributed by atoms with Gasteiger partial charge in [0.15, 0.2) is 0 Å². The fourth-order valence-electron chi connectivity index (χ4n) is 3.08. The lowest BCUT2D eigenvalue weighted by atomic mass is 9.93. The summed E-state index contributed by atoms with van der Waals surface area (Å²) in [5.41, 5.74) is 4.68. The second-order valence-electron chi connectivity index (χ2n) is 5.62. The molecule has 0 amide bonds. The number of benzene rings is 2. The maximum Gasteiger partial charge on any atom is 0.123 e. The molecule has 0 bridgehead atoms. The number of phenols is 1. The Kier molecular flexibility index (Phi) is 3.12. The van der Waals surface area contributed by atoms with Gasteiger partial charge in [-0.3, -0.25) is 0 Å². The number of nitrogens with one attached hydrogen (secondary N) is 1. The molecule has 3 aromatic rings. The molecule has 1 aromatic heterocycles. The van der Waals surface area contributed by atoms with Crippen molar-refractivity contribution in [3.63, 3.8) is 0 Å². The normalized spacial score (nSPS) is 19.7. The molecular formula is C18H16N2OS. The highest BCUT2D eigenvalue weighted by Crippen LogP contribution is 2.41. The lowest BCUT2D eigenvalue weighted by Gasteiger charge is -2.13. The molecule has 0 saturated carbocycles. The SMILES string of the molecule is CC1Nc2ccccc2C1c1csc(-c2ccc(O)cc2)n1. The van der Waals surface area contributed by atoms with Crippen molar-refractivity contribution in [2.24, 2.45) is 0 Å². The molecule has 1 aliphatic heterocycles. The van der Waals surface area contributed by atoms with E-state index in [0.29, 0.717) is 12.0 Å². The Morgan fingerprint density at radius 1 is 1.09 bits per heavy atom. The maximum absolute atomic E-state index is 9.40. The lowest BCUT2D eigenvalue weighted by Crippen LogP contribution is -2.17. The molecular weight excluding hydrogens is 292 g/mol. The van der Waals surface area contributed by atoms with E-state index in [1.165, 1.54) is 11.3 Å². The molecule has 110 valence electrons. The second-order valence-corrected chi connectivity index (χ2v) is 6.48. The lowest BCUT2D eigenvalue weighted by molar-refractivity contribution is 0.475. The molecule has 0 fully saturated rings. The standard InChI is InChI=1S/C18H16N2OS/c1-11-17(14-4-2-3-5-15(14)19-11)16-10-22-18(20-16)12-6-8-13(21)9-7-12/h2-11,17,19,21H,1H3. The number of thiazole rings is 1. The molecule has 22 heavy (non-hydrogen) atoms. The Hall–Kier alpha value is -2.33. The number of anilines is 1. The number of nitrogens with zero attached hydrogens (tertiary/aromatic N) is 1. The first-order valence-electron chi connectivity index (χ1n) is 7.32. The van der Waals surface area contributed by atoms with Gasteiger partial charge in [0.05, 0.1) is 5.69 Å². The minimum atomic E-state index is 0.281. The quantitative estimate of drug-likeness (QED) is 0.734. The molecule has 0 aliphatic carbocycles. The third kappa shape index (κ3) is 2.16. The number of para-hydroxylation sites is 1. The zero-order valence-electron chi connectivity index (χ0n) is 12.2. The molecule has 2 aromatic carbocycles. The van der Waals surface area contributed by atoms with Crippen LogP contribution < -0.4 is 5.32 Å². The minimum Gasteiger partial charge on any atom is -0.508 e. The number of phenolic OH excluding ortho intramolecular Hbond substituents is 1. The van der Waals surface area contributed by atoms with Crippen LogP contribution in [0, 0.1) is 0 Å². The number of hydrogen-bond acceptors (Lipinski definition) is 4. The number of aromatic hydroxyl groups is 1. The second kappa shape index (κ2) is 5.14. The van der Waals surface area contributed by atoms with E-state index in [2.05, 4.69) is 41.9 Å². The van der Waals surface area contributed by atoms with Gasteiger partial charge in [-0.2, -0.15) is 0 Å². The molecule has 4 heteroatoms. The van der Waals surface area contributed by atoms with E-state index in [4.69, 9.17) is 4.98 Å².